The number of benzene rings is 1. The van der Waals surface area contributed by atoms with Gasteiger partial charge in [0.2, 0.25) is 9.84 Å². The van der Waals surface area contributed by atoms with Crippen LogP contribution in [0.5, 0.6) is 0 Å². The summed E-state index contributed by atoms with van der Waals surface area (Å²) in [4.78, 5) is 16.7. The number of pyridine rings is 1. The summed E-state index contributed by atoms with van der Waals surface area (Å²) in [7, 11) is -3.74. The van der Waals surface area contributed by atoms with E-state index in [1.807, 2.05) is 6.92 Å². The van der Waals surface area contributed by atoms with Crippen molar-refractivity contribution in [2.45, 2.75) is 11.8 Å². The molecule has 3 heterocycles. The Hall–Kier alpha value is -2.67. The summed E-state index contributed by atoms with van der Waals surface area (Å²) in [5.41, 5.74) is 2.73. The van der Waals surface area contributed by atoms with Crippen LogP contribution in [-0.2, 0) is 9.84 Å². The average molecular weight is 310 g/mol. The summed E-state index contributed by atoms with van der Waals surface area (Å²) in [6.45, 7) is 1.90. The molecule has 0 radical (unpaired) electrons. The molecule has 6 nitrogen and oxygen atoms in total. The Kier molecular flexibility index (Phi) is 2.61. The predicted molar refractivity (Wildman–Crippen MR) is 81.0 cm³/mol. The van der Waals surface area contributed by atoms with Crippen LogP contribution in [0.3, 0.4) is 0 Å². The number of rotatable bonds is 1. The Labute approximate surface area is 126 Å². The standard InChI is InChI=1S/C15H10N4O2S/c1-9-2-4-10(5-3-9)22(20,21)15-18-12-8-17-14-11(6-7-16-14)13(12)19-15/h2-8H,1H3. The first-order valence-electron chi connectivity index (χ1n) is 6.58. The summed E-state index contributed by atoms with van der Waals surface area (Å²) >= 11 is 0. The predicted octanol–water partition coefficient (Wildman–Crippen LogP) is 1.09. The highest BCUT2D eigenvalue weighted by molar-refractivity contribution is 8.06. The molecule has 0 unspecified atom stereocenters. The number of aliphatic imine (C=N–C) groups is 1. The minimum Gasteiger partial charge on any atom is -0.237 e. The van der Waals surface area contributed by atoms with Gasteiger partial charge < -0.3 is 0 Å². The van der Waals surface area contributed by atoms with Crippen molar-refractivity contribution in [2.75, 3.05) is 0 Å². The van der Waals surface area contributed by atoms with E-state index in [9.17, 15) is 8.42 Å². The lowest BCUT2D eigenvalue weighted by molar-refractivity contribution is 0.607. The Morgan fingerprint density at radius 3 is 2.59 bits per heavy atom. The van der Waals surface area contributed by atoms with Gasteiger partial charge in [0.15, 0.2) is 5.49 Å². The first-order chi connectivity index (χ1) is 10.6. The molecule has 0 aliphatic carbocycles. The summed E-state index contributed by atoms with van der Waals surface area (Å²) in [5.74, 6) is 0. The van der Waals surface area contributed by atoms with Gasteiger partial charge in [0, 0.05) is 11.8 Å². The third-order valence-corrected chi connectivity index (χ3v) is 5.04. The van der Waals surface area contributed by atoms with Crippen LogP contribution in [0.1, 0.15) is 11.1 Å². The Morgan fingerprint density at radius 1 is 1.05 bits per heavy atom. The van der Waals surface area contributed by atoms with Gasteiger partial charge in [0.25, 0.3) is 5.17 Å². The molecule has 0 atom stereocenters. The monoisotopic (exact) mass is 310 g/mol. The molecule has 0 N–H and O–H groups in total. The van der Waals surface area contributed by atoms with Crippen LogP contribution >= 0.6 is 0 Å². The molecular formula is C15H10N4O2S. The van der Waals surface area contributed by atoms with Crippen molar-refractivity contribution < 1.29 is 8.42 Å². The number of amidine groups is 1. The molecule has 0 saturated carbocycles. The van der Waals surface area contributed by atoms with Gasteiger partial charge in [-0.1, -0.05) is 17.7 Å². The van der Waals surface area contributed by atoms with Crippen molar-refractivity contribution in [1.82, 2.24) is 4.98 Å². The van der Waals surface area contributed by atoms with Crippen LogP contribution in [0.2, 0.25) is 0 Å². The Balaban J connectivity index is 1.88. The van der Waals surface area contributed by atoms with Gasteiger partial charge in [-0.3, -0.25) is 0 Å². The molecule has 108 valence electrons. The number of aromatic nitrogens is 1. The quantitative estimate of drug-likeness (QED) is 0.790. The summed E-state index contributed by atoms with van der Waals surface area (Å²) in [5, 5.41) is 0.244. The molecule has 0 saturated heterocycles. The van der Waals surface area contributed by atoms with Crippen molar-refractivity contribution in [1.29, 1.82) is 0 Å². The summed E-state index contributed by atoms with van der Waals surface area (Å²) in [6.07, 6.45) is 4.85. The molecule has 0 amide bonds. The van der Waals surface area contributed by atoms with Crippen molar-refractivity contribution in [2.24, 2.45) is 15.0 Å². The first-order valence-corrected chi connectivity index (χ1v) is 8.06. The third-order valence-electron chi connectivity index (χ3n) is 3.48. The molecule has 0 bridgehead atoms. The zero-order valence-corrected chi connectivity index (χ0v) is 12.4. The molecule has 1 aromatic heterocycles. The lowest BCUT2D eigenvalue weighted by atomic mass is 10.2. The fourth-order valence-electron chi connectivity index (χ4n) is 2.30. The molecule has 2 aliphatic heterocycles. The largest absolute Gasteiger partial charge is 0.253 e. The van der Waals surface area contributed by atoms with Crippen molar-refractivity contribution in [3.8, 4) is 0 Å². The molecule has 2 aliphatic rings. The third kappa shape index (κ3) is 1.82. The number of sulfone groups is 1. The lowest BCUT2D eigenvalue weighted by Gasteiger charge is -2.01. The first kappa shape index (κ1) is 13.0. The van der Waals surface area contributed by atoms with Crippen LogP contribution in [0.4, 0.5) is 5.69 Å². The van der Waals surface area contributed by atoms with E-state index >= 15 is 0 Å². The van der Waals surface area contributed by atoms with E-state index in [0.29, 0.717) is 22.1 Å². The molecule has 7 heteroatoms. The highest BCUT2D eigenvalue weighted by Gasteiger charge is 2.27. The maximum Gasteiger partial charge on any atom is 0.253 e. The van der Waals surface area contributed by atoms with Gasteiger partial charge in [-0.25, -0.2) is 28.4 Å². The molecule has 22 heavy (non-hydrogen) atoms. The second-order valence-corrected chi connectivity index (χ2v) is 6.84. The maximum atomic E-state index is 12.6. The summed E-state index contributed by atoms with van der Waals surface area (Å²) < 4.78 is 25.3. The van der Waals surface area contributed by atoms with Crippen molar-refractivity contribution in [3.05, 3.63) is 58.6 Å². The van der Waals surface area contributed by atoms with Gasteiger partial charge in [-0.2, -0.15) is 0 Å². The molecule has 2 aromatic rings. The molecule has 0 spiro atoms. The maximum absolute atomic E-state index is 12.6. The number of hydrogen-bond acceptors (Lipinski definition) is 6. The fraction of sp³-hybridized carbons (Fsp3) is 0.0667. The topological polar surface area (TPSA) is 84.1 Å². The number of aryl methyl sites for hydroxylation is 1. The highest BCUT2D eigenvalue weighted by atomic mass is 32.2. The number of nitrogens with zero attached hydrogens (tertiary/aromatic N) is 4. The van der Waals surface area contributed by atoms with Crippen molar-refractivity contribution >= 4 is 26.8 Å². The van der Waals surface area contributed by atoms with E-state index in [0.717, 1.165) is 5.56 Å². The van der Waals surface area contributed by atoms with Crippen LogP contribution < -0.4 is 10.8 Å². The summed E-state index contributed by atoms with van der Waals surface area (Å²) in [6, 6.07) is 6.61. The average Bonchev–Trinajstić information content (AvgIpc) is 3.13. The second-order valence-electron chi connectivity index (χ2n) is 5.00. The highest BCUT2D eigenvalue weighted by Crippen LogP contribution is 2.22. The van der Waals surface area contributed by atoms with Crippen LogP contribution in [0.25, 0.3) is 6.08 Å². The molecule has 0 fully saturated rings. The zero-order chi connectivity index (χ0) is 15.3. The minimum absolute atomic E-state index is 0.179. The van der Waals surface area contributed by atoms with Gasteiger partial charge in [0.05, 0.1) is 11.1 Å². The lowest BCUT2D eigenvalue weighted by Crippen LogP contribution is -2.16. The number of fused-ring (bicyclic) bond motifs is 3. The minimum atomic E-state index is -3.74. The smallest absolute Gasteiger partial charge is 0.237 e. The Bertz CT molecular complexity index is 1080. The van der Waals surface area contributed by atoms with Gasteiger partial charge in [-0.05, 0) is 25.1 Å². The van der Waals surface area contributed by atoms with Crippen LogP contribution in [0, 0.1) is 6.92 Å². The van der Waals surface area contributed by atoms with Crippen molar-refractivity contribution in [3.63, 3.8) is 0 Å². The van der Waals surface area contributed by atoms with Gasteiger partial charge in [-0.15, -0.1) is 0 Å². The number of hydrogen-bond donors (Lipinski definition) is 0. The molecular weight excluding hydrogens is 300 g/mol. The zero-order valence-electron chi connectivity index (χ0n) is 11.6. The van der Waals surface area contributed by atoms with E-state index in [4.69, 9.17) is 0 Å². The Morgan fingerprint density at radius 2 is 1.82 bits per heavy atom. The molecule has 4 rings (SSSR count). The van der Waals surface area contributed by atoms with E-state index in [2.05, 4.69) is 20.0 Å². The van der Waals surface area contributed by atoms with Gasteiger partial charge in [0.1, 0.15) is 11.0 Å². The van der Waals surface area contributed by atoms with Gasteiger partial charge >= 0.3 is 0 Å². The molecule has 1 aromatic carbocycles. The van der Waals surface area contributed by atoms with Crippen LogP contribution in [0.15, 0.2) is 56.5 Å². The van der Waals surface area contributed by atoms with E-state index in [1.165, 1.54) is 6.20 Å². The van der Waals surface area contributed by atoms with Crippen LogP contribution in [-0.4, -0.2) is 18.6 Å². The van der Waals surface area contributed by atoms with E-state index in [-0.39, 0.29) is 10.1 Å². The van der Waals surface area contributed by atoms with E-state index < -0.39 is 9.84 Å². The normalized spacial score (nSPS) is 14.9. The SMILES string of the molecule is Cc1ccc(S(=O)(=O)C2=Nc3c4c(ncc3=N2)=NC=C4)cc1. The van der Waals surface area contributed by atoms with E-state index in [1.54, 1.807) is 36.5 Å². The second kappa shape index (κ2) is 4.41. The fourth-order valence-corrected chi connectivity index (χ4v) is 3.44.